The van der Waals surface area contributed by atoms with Gasteiger partial charge in [0.2, 0.25) is 0 Å². The van der Waals surface area contributed by atoms with Gasteiger partial charge in [0, 0.05) is 25.0 Å². The molecule has 0 saturated heterocycles. The van der Waals surface area contributed by atoms with Gasteiger partial charge in [0.1, 0.15) is 0 Å². The standard InChI is InChI=1S/C14H21N3O2/c18-14(19)12-10-2-3-11(8-10)13(12)16-4-1-6-17-7-5-15-9-17/h5,7,9-13,16H,1-4,6,8H2,(H,18,19). The van der Waals surface area contributed by atoms with Crippen LogP contribution in [0.3, 0.4) is 0 Å². The molecule has 0 amide bonds. The molecule has 2 N–H and O–H groups in total. The van der Waals surface area contributed by atoms with Crippen molar-refractivity contribution in [3.63, 3.8) is 0 Å². The number of nitrogens with one attached hydrogen (secondary N) is 1. The van der Waals surface area contributed by atoms with E-state index in [1.165, 1.54) is 6.42 Å². The molecule has 2 fully saturated rings. The van der Waals surface area contributed by atoms with Crippen LogP contribution in [0, 0.1) is 17.8 Å². The smallest absolute Gasteiger partial charge is 0.308 e. The van der Waals surface area contributed by atoms with E-state index in [4.69, 9.17) is 0 Å². The van der Waals surface area contributed by atoms with E-state index in [0.717, 1.165) is 32.4 Å². The van der Waals surface area contributed by atoms with Crippen molar-refractivity contribution in [1.29, 1.82) is 0 Å². The second-order valence-corrected chi connectivity index (χ2v) is 5.83. The normalized spacial score (nSPS) is 32.8. The maximum Gasteiger partial charge on any atom is 0.308 e. The molecule has 1 heterocycles. The lowest BCUT2D eigenvalue weighted by Crippen LogP contribution is -2.44. The summed E-state index contributed by atoms with van der Waals surface area (Å²) < 4.78 is 2.05. The summed E-state index contributed by atoms with van der Waals surface area (Å²) in [5, 5.41) is 12.9. The van der Waals surface area contributed by atoms with Gasteiger partial charge in [-0.1, -0.05) is 0 Å². The van der Waals surface area contributed by atoms with Gasteiger partial charge in [0.05, 0.1) is 12.2 Å². The highest BCUT2D eigenvalue weighted by Crippen LogP contribution is 2.48. The second kappa shape index (κ2) is 5.33. The Morgan fingerprint density at radius 3 is 3.00 bits per heavy atom. The van der Waals surface area contributed by atoms with Gasteiger partial charge in [0.15, 0.2) is 0 Å². The summed E-state index contributed by atoms with van der Waals surface area (Å²) >= 11 is 0. The molecule has 5 heteroatoms. The molecule has 0 radical (unpaired) electrons. The molecule has 19 heavy (non-hydrogen) atoms. The summed E-state index contributed by atoms with van der Waals surface area (Å²) in [6, 6.07) is 0.194. The molecule has 4 unspecified atom stereocenters. The Labute approximate surface area is 113 Å². The molecule has 5 nitrogen and oxygen atoms in total. The van der Waals surface area contributed by atoms with Crippen LogP contribution in [0.1, 0.15) is 25.7 Å². The minimum atomic E-state index is -0.612. The molecular weight excluding hydrogens is 242 g/mol. The van der Waals surface area contributed by atoms with Gasteiger partial charge in [-0.25, -0.2) is 4.98 Å². The average Bonchev–Trinajstić information content (AvgIpc) is 3.10. The Kier molecular flexibility index (Phi) is 3.55. The number of imidazole rings is 1. The van der Waals surface area contributed by atoms with E-state index in [1.807, 2.05) is 12.5 Å². The molecule has 1 aromatic rings. The van der Waals surface area contributed by atoms with Gasteiger partial charge in [0.25, 0.3) is 0 Å². The highest BCUT2D eigenvalue weighted by Gasteiger charge is 2.50. The number of hydrogen-bond donors (Lipinski definition) is 2. The van der Waals surface area contributed by atoms with Gasteiger partial charge >= 0.3 is 5.97 Å². The molecule has 1 aromatic heterocycles. The topological polar surface area (TPSA) is 67.2 Å². The van der Waals surface area contributed by atoms with Crippen molar-refractivity contribution in [3.05, 3.63) is 18.7 Å². The Morgan fingerprint density at radius 2 is 2.26 bits per heavy atom. The lowest BCUT2D eigenvalue weighted by molar-refractivity contribution is -0.144. The zero-order valence-corrected chi connectivity index (χ0v) is 11.0. The van der Waals surface area contributed by atoms with Crippen molar-refractivity contribution >= 4 is 5.97 Å². The number of aliphatic carboxylic acids is 1. The summed E-state index contributed by atoms with van der Waals surface area (Å²) in [6.07, 6.45) is 9.98. The third-order valence-electron chi connectivity index (χ3n) is 4.73. The number of aromatic nitrogens is 2. The minimum Gasteiger partial charge on any atom is -0.481 e. The highest BCUT2D eigenvalue weighted by atomic mass is 16.4. The van der Waals surface area contributed by atoms with Crippen LogP contribution in [-0.4, -0.2) is 33.2 Å². The van der Waals surface area contributed by atoms with Crippen molar-refractivity contribution in [3.8, 4) is 0 Å². The van der Waals surface area contributed by atoms with Crippen LogP contribution < -0.4 is 5.32 Å². The fourth-order valence-electron chi connectivity index (χ4n) is 3.89. The Hall–Kier alpha value is -1.36. The summed E-state index contributed by atoms with van der Waals surface area (Å²) in [5.41, 5.74) is 0. The van der Waals surface area contributed by atoms with Crippen LogP contribution >= 0.6 is 0 Å². The van der Waals surface area contributed by atoms with Gasteiger partial charge in [-0.3, -0.25) is 4.79 Å². The fourth-order valence-corrected chi connectivity index (χ4v) is 3.89. The fraction of sp³-hybridized carbons (Fsp3) is 0.714. The van der Waals surface area contributed by atoms with Gasteiger partial charge in [-0.2, -0.15) is 0 Å². The molecule has 2 aliphatic carbocycles. The van der Waals surface area contributed by atoms with E-state index in [2.05, 4.69) is 14.9 Å². The average molecular weight is 263 g/mol. The van der Waals surface area contributed by atoms with Crippen molar-refractivity contribution < 1.29 is 9.90 Å². The van der Waals surface area contributed by atoms with E-state index in [9.17, 15) is 9.90 Å². The summed E-state index contributed by atoms with van der Waals surface area (Å²) in [4.78, 5) is 15.4. The van der Waals surface area contributed by atoms with Gasteiger partial charge < -0.3 is 15.0 Å². The van der Waals surface area contributed by atoms with Crippen molar-refractivity contribution in [2.45, 2.75) is 38.3 Å². The maximum absolute atomic E-state index is 11.4. The lowest BCUT2D eigenvalue weighted by Gasteiger charge is -2.29. The molecule has 4 atom stereocenters. The quantitative estimate of drug-likeness (QED) is 0.761. The van der Waals surface area contributed by atoms with Gasteiger partial charge in [-0.05, 0) is 44.1 Å². The SMILES string of the molecule is O=C(O)C1C2CCC(C2)C1NCCCn1ccnc1. The van der Waals surface area contributed by atoms with Crippen LogP contribution in [0.5, 0.6) is 0 Å². The molecule has 2 saturated carbocycles. The first-order valence-electron chi connectivity index (χ1n) is 7.17. The number of rotatable bonds is 6. The molecule has 0 aliphatic heterocycles. The molecule has 0 aromatic carbocycles. The number of fused-ring (bicyclic) bond motifs is 2. The van der Waals surface area contributed by atoms with Crippen LogP contribution in [0.15, 0.2) is 18.7 Å². The Morgan fingerprint density at radius 1 is 1.42 bits per heavy atom. The molecule has 0 spiro atoms. The molecule has 104 valence electrons. The number of aryl methyl sites for hydroxylation is 1. The minimum absolute atomic E-state index is 0.160. The van der Waals surface area contributed by atoms with Gasteiger partial charge in [-0.15, -0.1) is 0 Å². The largest absolute Gasteiger partial charge is 0.481 e. The monoisotopic (exact) mass is 263 g/mol. The predicted octanol–water partition coefficient (Wildman–Crippen LogP) is 1.36. The van der Waals surface area contributed by atoms with E-state index in [-0.39, 0.29) is 12.0 Å². The van der Waals surface area contributed by atoms with Crippen molar-refractivity contribution in [1.82, 2.24) is 14.9 Å². The van der Waals surface area contributed by atoms with E-state index < -0.39 is 5.97 Å². The number of nitrogens with zero attached hydrogens (tertiary/aromatic N) is 2. The first-order valence-corrected chi connectivity index (χ1v) is 7.17. The number of carbonyl (C=O) groups is 1. The summed E-state index contributed by atoms with van der Waals surface area (Å²) in [6.45, 7) is 1.82. The van der Waals surface area contributed by atoms with Crippen LogP contribution in [0.2, 0.25) is 0 Å². The van der Waals surface area contributed by atoms with Crippen LogP contribution in [-0.2, 0) is 11.3 Å². The third kappa shape index (κ3) is 2.52. The molecular formula is C14H21N3O2. The Bertz CT molecular complexity index is 432. The third-order valence-corrected chi connectivity index (χ3v) is 4.73. The lowest BCUT2D eigenvalue weighted by atomic mass is 9.84. The number of carboxylic acids is 1. The van der Waals surface area contributed by atoms with E-state index in [1.54, 1.807) is 6.20 Å². The predicted molar refractivity (Wildman–Crippen MR) is 70.6 cm³/mol. The summed E-state index contributed by atoms with van der Waals surface area (Å²) in [5.74, 6) is 0.222. The Balaban J connectivity index is 1.48. The molecule has 2 aliphatic rings. The number of hydrogen-bond acceptors (Lipinski definition) is 3. The van der Waals surface area contributed by atoms with Crippen LogP contribution in [0.25, 0.3) is 0 Å². The zero-order chi connectivity index (χ0) is 13.2. The second-order valence-electron chi connectivity index (χ2n) is 5.83. The van der Waals surface area contributed by atoms with Crippen molar-refractivity contribution in [2.75, 3.05) is 6.54 Å². The summed E-state index contributed by atoms with van der Waals surface area (Å²) in [7, 11) is 0. The van der Waals surface area contributed by atoms with E-state index in [0.29, 0.717) is 11.8 Å². The maximum atomic E-state index is 11.4. The van der Waals surface area contributed by atoms with E-state index >= 15 is 0 Å². The first-order chi connectivity index (χ1) is 9.25. The molecule has 3 rings (SSSR count). The zero-order valence-electron chi connectivity index (χ0n) is 11.0. The molecule has 2 bridgehead atoms. The number of carboxylic acid groups (broad SMARTS) is 1. The first kappa shape index (κ1) is 12.7. The van der Waals surface area contributed by atoms with Crippen LogP contribution in [0.4, 0.5) is 0 Å². The van der Waals surface area contributed by atoms with Crippen molar-refractivity contribution in [2.24, 2.45) is 17.8 Å². The highest BCUT2D eigenvalue weighted by molar-refractivity contribution is 5.72.